The Balaban J connectivity index is 0.00000361. The van der Waals surface area contributed by atoms with Crippen molar-refractivity contribution >= 4 is 47.2 Å². The zero-order valence-electron chi connectivity index (χ0n) is 11.8. The first-order valence-corrected chi connectivity index (χ1v) is 6.75. The molecule has 0 aliphatic rings. The molecular formula is C14H19Cl3N2O. The first kappa shape index (κ1) is 19.3. The first-order valence-electron chi connectivity index (χ1n) is 5.99. The lowest BCUT2D eigenvalue weighted by Crippen LogP contribution is -2.47. The number of hydrogen-bond donors (Lipinski definition) is 0. The van der Waals surface area contributed by atoms with Crippen LogP contribution in [0.4, 0.5) is 5.69 Å². The zero-order chi connectivity index (χ0) is 14.6. The van der Waals surface area contributed by atoms with E-state index in [1.54, 1.807) is 23.1 Å². The standard InChI is InChI=1S/C14H18Cl2N2O.ClH/c1-5-13(17(3)4)18(14(19)6-2)10-7-8-11(15)12(16)9-10;/h6-9,13H,2,5H2,1,3-4H3;1H. The lowest BCUT2D eigenvalue weighted by atomic mass is 10.2. The maximum absolute atomic E-state index is 12.1. The van der Waals surface area contributed by atoms with Crippen molar-refractivity contribution in [3.63, 3.8) is 0 Å². The van der Waals surface area contributed by atoms with Gasteiger partial charge in [0.25, 0.3) is 5.91 Å². The second-order valence-corrected chi connectivity index (χ2v) is 5.18. The minimum absolute atomic E-state index is 0. The van der Waals surface area contributed by atoms with Gasteiger partial charge in [-0.3, -0.25) is 14.6 Å². The van der Waals surface area contributed by atoms with E-state index in [1.807, 2.05) is 25.9 Å². The molecule has 0 aromatic heterocycles. The molecule has 20 heavy (non-hydrogen) atoms. The minimum Gasteiger partial charge on any atom is -0.293 e. The third-order valence-electron chi connectivity index (χ3n) is 2.85. The van der Waals surface area contributed by atoms with Crippen molar-refractivity contribution in [2.75, 3.05) is 19.0 Å². The van der Waals surface area contributed by atoms with Crippen LogP contribution in [0.2, 0.25) is 10.0 Å². The summed E-state index contributed by atoms with van der Waals surface area (Å²) in [5, 5.41) is 0.893. The number of benzene rings is 1. The quantitative estimate of drug-likeness (QED) is 0.593. The van der Waals surface area contributed by atoms with Crippen LogP contribution in [0.5, 0.6) is 0 Å². The Kier molecular flexibility index (Phi) is 8.21. The number of carbonyl (C=O) groups excluding carboxylic acids is 1. The minimum atomic E-state index is -0.168. The van der Waals surface area contributed by atoms with Gasteiger partial charge in [-0.15, -0.1) is 12.4 Å². The van der Waals surface area contributed by atoms with Crippen LogP contribution in [0, 0.1) is 0 Å². The van der Waals surface area contributed by atoms with Gasteiger partial charge in [-0.25, -0.2) is 0 Å². The molecule has 1 atom stereocenters. The van der Waals surface area contributed by atoms with Gasteiger partial charge in [-0.05, 0) is 44.8 Å². The molecule has 0 saturated carbocycles. The van der Waals surface area contributed by atoms with Gasteiger partial charge >= 0.3 is 0 Å². The molecule has 0 bridgehead atoms. The summed E-state index contributed by atoms with van der Waals surface area (Å²) in [6.07, 6.45) is 2.02. The largest absolute Gasteiger partial charge is 0.293 e. The van der Waals surface area contributed by atoms with Crippen LogP contribution in [0.3, 0.4) is 0 Å². The molecule has 1 amide bonds. The second kappa shape index (κ2) is 8.53. The van der Waals surface area contributed by atoms with E-state index in [2.05, 4.69) is 6.58 Å². The highest BCUT2D eigenvalue weighted by Crippen LogP contribution is 2.29. The van der Waals surface area contributed by atoms with Crippen LogP contribution in [0.1, 0.15) is 13.3 Å². The Hall–Kier alpha value is -0.740. The van der Waals surface area contributed by atoms with Crippen molar-refractivity contribution in [1.82, 2.24) is 4.90 Å². The number of halogens is 3. The molecule has 0 fully saturated rings. The van der Waals surface area contributed by atoms with E-state index in [0.717, 1.165) is 6.42 Å². The van der Waals surface area contributed by atoms with Gasteiger partial charge in [0.1, 0.15) is 0 Å². The SMILES string of the molecule is C=CC(=O)N(c1ccc(Cl)c(Cl)c1)C(CC)N(C)C.Cl. The number of amides is 1. The van der Waals surface area contributed by atoms with Crippen LogP contribution < -0.4 is 4.90 Å². The molecule has 0 aliphatic heterocycles. The van der Waals surface area contributed by atoms with E-state index >= 15 is 0 Å². The van der Waals surface area contributed by atoms with Crippen LogP contribution in [-0.2, 0) is 4.79 Å². The maximum atomic E-state index is 12.1. The van der Waals surface area contributed by atoms with E-state index in [4.69, 9.17) is 23.2 Å². The van der Waals surface area contributed by atoms with Gasteiger partial charge in [0.15, 0.2) is 0 Å². The lowest BCUT2D eigenvalue weighted by Gasteiger charge is -2.35. The topological polar surface area (TPSA) is 23.6 Å². The highest BCUT2D eigenvalue weighted by molar-refractivity contribution is 6.42. The van der Waals surface area contributed by atoms with E-state index in [1.165, 1.54) is 6.08 Å². The summed E-state index contributed by atoms with van der Waals surface area (Å²) in [7, 11) is 3.85. The van der Waals surface area contributed by atoms with Gasteiger partial charge in [0.2, 0.25) is 0 Å². The van der Waals surface area contributed by atoms with E-state index in [-0.39, 0.29) is 24.5 Å². The molecule has 1 rings (SSSR count). The van der Waals surface area contributed by atoms with Crippen molar-refractivity contribution in [1.29, 1.82) is 0 Å². The fourth-order valence-electron chi connectivity index (χ4n) is 1.96. The molecule has 112 valence electrons. The smallest absolute Gasteiger partial charge is 0.251 e. The van der Waals surface area contributed by atoms with Crippen molar-refractivity contribution in [3.8, 4) is 0 Å². The summed E-state index contributed by atoms with van der Waals surface area (Å²) in [6, 6.07) is 5.16. The average Bonchev–Trinajstić information content (AvgIpc) is 2.38. The molecule has 0 spiro atoms. The van der Waals surface area contributed by atoms with Gasteiger partial charge in [-0.1, -0.05) is 36.7 Å². The molecule has 1 unspecified atom stereocenters. The number of anilines is 1. The summed E-state index contributed by atoms with van der Waals surface area (Å²) >= 11 is 11.9. The molecule has 0 radical (unpaired) electrons. The van der Waals surface area contributed by atoms with Crippen molar-refractivity contribution < 1.29 is 4.79 Å². The number of rotatable bonds is 5. The molecule has 3 nitrogen and oxygen atoms in total. The molecule has 0 saturated heterocycles. The molecule has 0 aliphatic carbocycles. The molecule has 6 heteroatoms. The van der Waals surface area contributed by atoms with Crippen LogP contribution in [0.25, 0.3) is 0 Å². The van der Waals surface area contributed by atoms with Crippen LogP contribution in [-0.4, -0.2) is 31.1 Å². The van der Waals surface area contributed by atoms with Crippen molar-refractivity contribution in [2.45, 2.75) is 19.5 Å². The Morgan fingerprint density at radius 2 is 1.95 bits per heavy atom. The summed E-state index contributed by atoms with van der Waals surface area (Å²) in [5.41, 5.74) is 0.708. The van der Waals surface area contributed by atoms with Crippen molar-refractivity contribution in [3.05, 3.63) is 40.9 Å². The van der Waals surface area contributed by atoms with E-state index in [9.17, 15) is 4.79 Å². The monoisotopic (exact) mass is 336 g/mol. The van der Waals surface area contributed by atoms with Gasteiger partial charge < -0.3 is 0 Å². The normalized spacial score (nSPS) is 11.7. The molecule has 0 N–H and O–H groups in total. The Morgan fingerprint density at radius 3 is 2.35 bits per heavy atom. The highest BCUT2D eigenvalue weighted by Gasteiger charge is 2.24. The Morgan fingerprint density at radius 1 is 1.35 bits per heavy atom. The van der Waals surface area contributed by atoms with Crippen LogP contribution in [0.15, 0.2) is 30.9 Å². The Labute approximate surface area is 136 Å². The lowest BCUT2D eigenvalue weighted by molar-refractivity contribution is -0.115. The molecular weight excluding hydrogens is 319 g/mol. The molecule has 1 aromatic rings. The van der Waals surface area contributed by atoms with E-state index < -0.39 is 0 Å². The summed E-state index contributed by atoms with van der Waals surface area (Å²) in [4.78, 5) is 15.8. The summed E-state index contributed by atoms with van der Waals surface area (Å²) in [5.74, 6) is -0.168. The van der Waals surface area contributed by atoms with Gasteiger partial charge in [-0.2, -0.15) is 0 Å². The van der Waals surface area contributed by atoms with E-state index in [0.29, 0.717) is 15.7 Å². The summed E-state index contributed by atoms with van der Waals surface area (Å²) in [6.45, 7) is 5.57. The van der Waals surface area contributed by atoms with Crippen LogP contribution >= 0.6 is 35.6 Å². The third kappa shape index (κ3) is 4.38. The number of hydrogen-bond acceptors (Lipinski definition) is 2. The third-order valence-corrected chi connectivity index (χ3v) is 3.59. The maximum Gasteiger partial charge on any atom is 0.251 e. The fraction of sp³-hybridized carbons (Fsp3) is 0.357. The van der Waals surface area contributed by atoms with Gasteiger partial charge in [0, 0.05) is 5.69 Å². The molecule has 1 aromatic carbocycles. The average molecular weight is 338 g/mol. The zero-order valence-corrected chi connectivity index (χ0v) is 14.1. The van der Waals surface area contributed by atoms with Gasteiger partial charge in [0.05, 0.1) is 16.2 Å². The number of nitrogens with zero attached hydrogens (tertiary/aromatic N) is 2. The number of carbonyl (C=O) groups is 1. The Bertz CT molecular complexity index is 477. The molecule has 0 heterocycles. The summed E-state index contributed by atoms with van der Waals surface area (Å²) < 4.78 is 0. The van der Waals surface area contributed by atoms with Crippen molar-refractivity contribution in [2.24, 2.45) is 0 Å². The predicted octanol–water partition coefficient (Wildman–Crippen LogP) is 4.23. The highest BCUT2D eigenvalue weighted by atomic mass is 35.5. The second-order valence-electron chi connectivity index (χ2n) is 4.36. The predicted molar refractivity (Wildman–Crippen MR) is 89.2 cm³/mol. The fourth-order valence-corrected chi connectivity index (χ4v) is 2.25. The first-order chi connectivity index (χ1) is 8.92.